The zero-order valence-corrected chi connectivity index (χ0v) is 17.4. The number of hydrogen-bond acceptors (Lipinski definition) is 3. The van der Waals surface area contributed by atoms with Crippen LogP contribution in [0.25, 0.3) is 16.8 Å². The molecule has 4 rings (SSSR count). The molecule has 1 saturated heterocycles. The molecule has 1 unspecified atom stereocenters. The average Bonchev–Trinajstić information content (AvgIpc) is 2.76. The summed E-state index contributed by atoms with van der Waals surface area (Å²) < 4.78 is 5.28. The number of ether oxygens (including phenoxy) is 1. The van der Waals surface area contributed by atoms with Crippen molar-refractivity contribution in [3.05, 3.63) is 82.4 Å². The first-order valence-electron chi connectivity index (χ1n) is 10.0. The van der Waals surface area contributed by atoms with Crippen LogP contribution in [0.15, 0.2) is 66.2 Å². The van der Waals surface area contributed by atoms with Gasteiger partial charge in [-0.3, -0.25) is 4.90 Å². The van der Waals surface area contributed by atoms with E-state index in [1.807, 2.05) is 36.4 Å². The first kappa shape index (κ1) is 20.0. The Hall–Kier alpha value is -2.33. The van der Waals surface area contributed by atoms with E-state index < -0.39 is 6.10 Å². The van der Waals surface area contributed by atoms with E-state index in [0.717, 1.165) is 42.3 Å². The van der Waals surface area contributed by atoms with Crippen molar-refractivity contribution in [2.75, 3.05) is 26.7 Å². The summed E-state index contributed by atoms with van der Waals surface area (Å²) in [4.78, 5) is 2.35. The summed E-state index contributed by atoms with van der Waals surface area (Å²) in [5.41, 5.74) is 3.67. The highest BCUT2D eigenvalue weighted by Gasteiger charge is 2.18. The zero-order valence-electron chi connectivity index (χ0n) is 16.6. The van der Waals surface area contributed by atoms with Gasteiger partial charge in [-0.15, -0.1) is 0 Å². The van der Waals surface area contributed by atoms with Crippen molar-refractivity contribution in [2.24, 2.45) is 0 Å². The number of aliphatic hydroxyl groups excluding tert-OH is 1. The topological polar surface area (TPSA) is 32.7 Å². The Balaban J connectivity index is 1.40. The highest BCUT2D eigenvalue weighted by Crippen LogP contribution is 2.34. The van der Waals surface area contributed by atoms with E-state index in [9.17, 15) is 5.11 Å². The Labute approximate surface area is 177 Å². The van der Waals surface area contributed by atoms with E-state index in [1.54, 1.807) is 7.11 Å². The number of β-amino-alcohol motifs (C(OH)–C–C–N with tert-alkyl or cyclic N) is 1. The molecule has 1 aliphatic rings. The van der Waals surface area contributed by atoms with Crippen molar-refractivity contribution in [2.45, 2.75) is 18.9 Å². The summed E-state index contributed by atoms with van der Waals surface area (Å²) >= 11 is 6.40. The number of nitrogens with zero attached hydrogens (tertiary/aromatic N) is 1. The third-order valence-corrected chi connectivity index (χ3v) is 6.04. The number of aliphatic hydroxyl groups is 1. The highest BCUT2D eigenvalue weighted by atomic mass is 35.5. The van der Waals surface area contributed by atoms with Gasteiger partial charge in [0.1, 0.15) is 5.75 Å². The minimum Gasteiger partial charge on any atom is -0.495 e. The van der Waals surface area contributed by atoms with Crippen LogP contribution in [0.2, 0.25) is 5.02 Å². The molecule has 0 bridgehead atoms. The maximum absolute atomic E-state index is 10.8. The van der Waals surface area contributed by atoms with Gasteiger partial charge in [-0.05, 0) is 41.5 Å². The van der Waals surface area contributed by atoms with E-state index in [2.05, 4.69) is 35.2 Å². The van der Waals surface area contributed by atoms with Gasteiger partial charge in [0, 0.05) is 25.0 Å². The summed E-state index contributed by atoms with van der Waals surface area (Å²) in [5, 5.41) is 13.4. The second kappa shape index (κ2) is 9.00. The molecule has 150 valence electrons. The summed E-state index contributed by atoms with van der Waals surface area (Å²) in [6.45, 7) is 2.60. The molecule has 0 spiro atoms. The van der Waals surface area contributed by atoms with Crippen LogP contribution in [-0.4, -0.2) is 36.8 Å². The molecule has 0 radical (unpaired) electrons. The lowest BCUT2D eigenvalue weighted by atomic mass is 9.99. The third kappa shape index (κ3) is 4.64. The summed E-state index contributed by atoms with van der Waals surface area (Å²) in [6.07, 6.45) is 3.89. The lowest BCUT2D eigenvalue weighted by molar-refractivity contribution is 0.109. The molecule has 29 heavy (non-hydrogen) atoms. The van der Waals surface area contributed by atoms with Crippen molar-refractivity contribution in [3.63, 3.8) is 0 Å². The molecule has 0 aromatic heterocycles. The number of rotatable bonds is 5. The van der Waals surface area contributed by atoms with Gasteiger partial charge >= 0.3 is 0 Å². The lowest BCUT2D eigenvalue weighted by Crippen LogP contribution is -2.34. The Kier molecular flexibility index (Phi) is 6.19. The van der Waals surface area contributed by atoms with E-state index in [0.29, 0.717) is 17.3 Å². The maximum atomic E-state index is 10.8. The molecular weight excluding hydrogens is 382 g/mol. The molecule has 1 heterocycles. The number of likely N-dealkylation sites (tertiary alicyclic amines) is 1. The number of benzene rings is 3. The maximum Gasteiger partial charge on any atom is 0.138 e. The van der Waals surface area contributed by atoms with Gasteiger partial charge in [0.15, 0.2) is 0 Å². The molecule has 1 atom stereocenters. The van der Waals surface area contributed by atoms with Crippen molar-refractivity contribution >= 4 is 28.4 Å². The normalized spacial score (nSPS) is 16.0. The van der Waals surface area contributed by atoms with Crippen molar-refractivity contribution in [1.82, 2.24) is 4.90 Å². The Bertz CT molecular complexity index is 1010. The molecule has 1 aliphatic heterocycles. The monoisotopic (exact) mass is 407 g/mol. The van der Waals surface area contributed by atoms with Gasteiger partial charge in [-0.1, -0.05) is 71.8 Å². The Morgan fingerprint density at radius 3 is 2.55 bits per heavy atom. The van der Waals surface area contributed by atoms with Gasteiger partial charge < -0.3 is 9.84 Å². The van der Waals surface area contributed by atoms with E-state index in [-0.39, 0.29) is 0 Å². The average molecular weight is 408 g/mol. The number of fused-ring (bicyclic) bond motifs is 1. The second-order valence-electron chi connectivity index (χ2n) is 7.59. The molecular formula is C25H26ClNO2. The SMILES string of the molecule is COc1ccc2cc(C(O)CN3CCC(=Cc4ccccc4)CC3)ccc2c1Cl. The van der Waals surface area contributed by atoms with Crippen LogP contribution in [0.4, 0.5) is 0 Å². The lowest BCUT2D eigenvalue weighted by Gasteiger charge is -2.30. The fourth-order valence-corrected chi connectivity index (χ4v) is 4.27. The van der Waals surface area contributed by atoms with Crippen molar-refractivity contribution in [3.8, 4) is 5.75 Å². The first-order chi connectivity index (χ1) is 14.1. The molecule has 1 fully saturated rings. The molecule has 1 N–H and O–H groups in total. The first-order valence-corrected chi connectivity index (χ1v) is 10.4. The quantitative estimate of drug-likeness (QED) is 0.587. The second-order valence-corrected chi connectivity index (χ2v) is 7.97. The van der Waals surface area contributed by atoms with Crippen LogP contribution in [0.5, 0.6) is 5.75 Å². The van der Waals surface area contributed by atoms with E-state index in [4.69, 9.17) is 16.3 Å². The highest BCUT2D eigenvalue weighted by molar-refractivity contribution is 6.37. The number of hydrogen-bond donors (Lipinski definition) is 1. The Morgan fingerprint density at radius 2 is 1.83 bits per heavy atom. The fourth-order valence-electron chi connectivity index (χ4n) is 3.96. The Morgan fingerprint density at radius 1 is 1.07 bits per heavy atom. The van der Waals surface area contributed by atoms with Gasteiger partial charge in [0.2, 0.25) is 0 Å². The minimum absolute atomic E-state index is 0.514. The van der Waals surface area contributed by atoms with Gasteiger partial charge in [0.05, 0.1) is 18.2 Å². The van der Waals surface area contributed by atoms with Gasteiger partial charge in [0.25, 0.3) is 0 Å². The molecule has 3 aromatic carbocycles. The predicted octanol–water partition coefficient (Wildman–Crippen LogP) is 5.71. The molecule has 4 heteroatoms. The third-order valence-electron chi connectivity index (χ3n) is 5.65. The summed E-state index contributed by atoms with van der Waals surface area (Å²) in [7, 11) is 1.62. The van der Waals surface area contributed by atoms with Crippen LogP contribution >= 0.6 is 11.6 Å². The smallest absolute Gasteiger partial charge is 0.138 e. The molecule has 0 saturated carbocycles. The van der Waals surface area contributed by atoms with Gasteiger partial charge in [-0.25, -0.2) is 0 Å². The van der Waals surface area contributed by atoms with E-state index >= 15 is 0 Å². The van der Waals surface area contributed by atoms with Crippen LogP contribution in [0.1, 0.15) is 30.1 Å². The largest absolute Gasteiger partial charge is 0.495 e. The van der Waals surface area contributed by atoms with Crippen LogP contribution < -0.4 is 4.74 Å². The number of piperidine rings is 1. The summed E-state index contributed by atoms with van der Waals surface area (Å²) in [6, 6.07) is 20.3. The standard InChI is InChI=1S/C25H26ClNO2/c1-29-24-10-8-20-16-21(7-9-22(20)25(24)26)23(28)17-27-13-11-19(12-14-27)15-18-5-3-2-4-6-18/h2-10,15-16,23,28H,11-14,17H2,1H3. The minimum atomic E-state index is -0.514. The van der Waals surface area contributed by atoms with Crippen LogP contribution in [-0.2, 0) is 0 Å². The molecule has 0 aliphatic carbocycles. The van der Waals surface area contributed by atoms with Crippen LogP contribution in [0, 0.1) is 0 Å². The zero-order chi connectivity index (χ0) is 20.2. The van der Waals surface area contributed by atoms with Crippen LogP contribution in [0.3, 0.4) is 0 Å². The number of methoxy groups -OCH3 is 1. The molecule has 0 amide bonds. The molecule has 3 nitrogen and oxygen atoms in total. The van der Waals surface area contributed by atoms with Crippen molar-refractivity contribution < 1.29 is 9.84 Å². The van der Waals surface area contributed by atoms with Crippen molar-refractivity contribution in [1.29, 1.82) is 0 Å². The fraction of sp³-hybridized carbons (Fsp3) is 0.280. The van der Waals surface area contributed by atoms with E-state index in [1.165, 1.54) is 11.1 Å². The summed E-state index contributed by atoms with van der Waals surface area (Å²) in [5.74, 6) is 0.667. The van der Waals surface area contributed by atoms with Gasteiger partial charge in [-0.2, -0.15) is 0 Å². The number of halogens is 1. The predicted molar refractivity (Wildman–Crippen MR) is 121 cm³/mol. The molecule has 3 aromatic rings.